The molecule has 0 spiro atoms. The van der Waals surface area contributed by atoms with Crippen LogP contribution in [0.5, 0.6) is 11.5 Å². The third kappa shape index (κ3) is 4.49. The Bertz CT molecular complexity index is 1650. The fourth-order valence-electron chi connectivity index (χ4n) is 4.36. The standard InChI is InChI=1S/C28H25N3O5S/c1-4-36-27(33)23-24(17-9-6-5-7-10-17)30-28-31(26(32)22(37-28)15-18-11-8-14-29-18)25(23)20-16-19(34-2)12-13-21(20)35-3/h5-16,25,29H,4H2,1-3H3/b22-15-/t25-/m0/s1. The van der Waals surface area contributed by atoms with Gasteiger partial charge in [0.25, 0.3) is 5.56 Å². The van der Waals surface area contributed by atoms with Crippen molar-refractivity contribution in [2.24, 2.45) is 4.99 Å². The van der Waals surface area contributed by atoms with Crippen molar-refractivity contribution < 1.29 is 19.0 Å². The van der Waals surface area contributed by atoms with E-state index < -0.39 is 12.0 Å². The van der Waals surface area contributed by atoms with Gasteiger partial charge in [0.2, 0.25) is 0 Å². The second kappa shape index (κ2) is 10.3. The Kier molecular flexibility index (Phi) is 6.78. The molecule has 9 heteroatoms. The van der Waals surface area contributed by atoms with Crippen LogP contribution in [0, 0.1) is 0 Å². The van der Waals surface area contributed by atoms with Gasteiger partial charge in [0.05, 0.1) is 36.6 Å². The highest BCUT2D eigenvalue weighted by molar-refractivity contribution is 7.07. The summed E-state index contributed by atoms with van der Waals surface area (Å²) in [5.74, 6) is 0.505. The van der Waals surface area contributed by atoms with E-state index in [2.05, 4.69) is 4.98 Å². The molecule has 0 bridgehead atoms. The van der Waals surface area contributed by atoms with E-state index in [0.29, 0.717) is 32.1 Å². The summed E-state index contributed by atoms with van der Waals surface area (Å²) in [6.45, 7) is 1.91. The largest absolute Gasteiger partial charge is 0.497 e. The lowest BCUT2D eigenvalue weighted by Gasteiger charge is -2.27. The number of carbonyl (C=O) groups is 1. The number of H-pyrrole nitrogens is 1. The van der Waals surface area contributed by atoms with Crippen molar-refractivity contribution >= 4 is 29.1 Å². The maximum atomic E-state index is 13.9. The molecule has 0 fully saturated rings. The molecule has 8 nitrogen and oxygen atoms in total. The van der Waals surface area contributed by atoms with Crippen LogP contribution in [0.2, 0.25) is 0 Å². The van der Waals surface area contributed by atoms with Crippen molar-refractivity contribution in [1.82, 2.24) is 9.55 Å². The number of esters is 1. The Labute approximate surface area is 216 Å². The highest BCUT2D eigenvalue weighted by Gasteiger charge is 2.37. The molecule has 2 aromatic heterocycles. The second-order valence-corrected chi connectivity index (χ2v) is 9.17. The molecule has 1 aliphatic heterocycles. The Morgan fingerprint density at radius 3 is 2.59 bits per heavy atom. The summed E-state index contributed by atoms with van der Waals surface area (Å²) in [6, 6.07) is 17.6. The van der Waals surface area contributed by atoms with Gasteiger partial charge < -0.3 is 19.2 Å². The van der Waals surface area contributed by atoms with Gasteiger partial charge in [-0.05, 0) is 43.3 Å². The van der Waals surface area contributed by atoms with E-state index >= 15 is 0 Å². The summed E-state index contributed by atoms with van der Waals surface area (Å²) in [7, 11) is 3.11. The maximum absolute atomic E-state index is 13.9. The fourth-order valence-corrected chi connectivity index (χ4v) is 5.35. The number of hydrogen-bond acceptors (Lipinski definition) is 7. The molecule has 0 saturated heterocycles. The topological polar surface area (TPSA) is 94.9 Å². The fraction of sp³-hybridized carbons (Fsp3) is 0.179. The molecule has 4 aromatic rings. The number of methoxy groups -OCH3 is 2. The number of aromatic amines is 1. The average Bonchev–Trinajstić information content (AvgIpc) is 3.55. The smallest absolute Gasteiger partial charge is 0.338 e. The Hall–Kier alpha value is -4.37. The van der Waals surface area contributed by atoms with Crippen molar-refractivity contribution in [3.05, 3.63) is 109 Å². The number of thiazole rings is 1. The number of benzene rings is 2. The van der Waals surface area contributed by atoms with Crippen molar-refractivity contribution in [1.29, 1.82) is 0 Å². The zero-order chi connectivity index (χ0) is 25.9. The Morgan fingerprint density at radius 2 is 1.92 bits per heavy atom. The van der Waals surface area contributed by atoms with Gasteiger partial charge in [-0.1, -0.05) is 41.7 Å². The molecule has 2 aromatic carbocycles. The molecule has 0 unspecified atom stereocenters. The van der Waals surface area contributed by atoms with Gasteiger partial charge in [0.1, 0.15) is 17.5 Å². The third-order valence-electron chi connectivity index (χ3n) is 6.01. The zero-order valence-electron chi connectivity index (χ0n) is 20.6. The van der Waals surface area contributed by atoms with Crippen molar-refractivity contribution in [2.75, 3.05) is 20.8 Å². The van der Waals surface area contributed by atoms with E-state index in [1.807, 2.05) is 42.5 Å². The van der Waals surface area contributed by atoms with Crippen LogP contribution >= 0.6 is 11.3 Å². The van der Waals surface area contributed by atoms with E-state index in [4.69, 9.17) is 19.2 Å². The molecule has 1 aliphatic rings. The molecule has 0 aliphatic carbocycles. The number of fused-ring (bicyclic) bond motifs is 1. The van der Waals surface area contributed by atoms with Crippen LogP contribution in [0.1, 0.15) is 29.8 Å². The number of carbonyl (C=O) groups excluding carboxylic acids is 1. The van der Waals surface area contributed by atoms with Gasteiger partial charge in [-0.3, -0.25) is 9.36 Å². The first-order chi connectivity index (χ1) is 18.0. The van der Waals surface area contributed by atoms with Crippen LogP contribution < -0.4 is 24.4 Å². The summed E-state index contributed by atoms with van der Waals surface area (Å²) in [4.78, 5) is 35.8. The summed E-state index contributed by atoms with van der Waals surface area (Å²) < 4.78 is 18.7. The highest BCUT2D eigenvalue weighted by atomic mass is 32.1. The minimum atomic E-state index is -0.860. The second-order valence-electron chi connectivity index (χ2n) is 8.16. The summed E-state index contributed by atoms with van der Waals surface area (Å²) >= 11 is 1.26. The predicted octanol–water partition coefficient (Wildman–Crippen LogP) is 3.28. The summed E-state index contributed by atoms with van der Waals surface area (Å²) in [6.07, 6.45) is 3.57. The van der Waals surface area contributed by atoms with Crippen LogP contribution in [0.25, 0.3) is 11.8 Å². The Balaban J connectivity index is 1.89. The molecule has 188 valence electrons. The molecule has 0 saturated carbocycles. The first kappa shape index (κ1) is 24.3. The minimum absolute atomic E-state index is 0.170. The molecule has 0 radical (unpaired) electrons. The van der Waals surface area contributed by atoms with E-state index in [1.165, 1.54) is 15.9 Å². The van der Waals surface area contributed by atoms with Crippen molar-refractivity contribution in [3.8, 4) is 11.5 Å². The lowest BCUT2D eigenvalue weighted by atomic mass is 9.92. The molecular formula is C28H25N3O5S. The number of ether oxygens (including phenoxy) is 3. The molecule has 3 heterocycles. The quantitative estimate of drug-likeness (QED) is 0.381. The summed E-state index contributed by atoms with van der Waals surface area (Å²) in [5.41, 5.74) is 2.52. The zero-order valence-corrected chi connectivity index (χ0v) is 21.4. The van der Waals surface area contributed by atoms with Crippen LogP contribution in [0.15, 0.2) is 82.2 Å². The number of nitrogens with zero attached hydrogens (tertiary/aromatic N) is 2. The number of aromatic nitrogens is 2. The molecule has 1 atom stereocenters. The van der Waals surface area contributed by atoms with Gasteiger partial charge >= 0.3 is 5.97 Å². The van der Waals surface area contributed by atoms with E-state index in [0.717, 1.165) is 11.3 Å². The maximum Gasteiger partial charge on any atom is 0.338 e. The van der Waals surface area contributed by atoms with E-state index in [1.54, 1.807) is 51.6 Å². The van der Waals surface area contributed by atoms with Crippen LogP contribution in [-0.2, 0) is 9.53 Å². The molecule has 37 heavy (non-hydrogen) atoms. The van der Waals surface area contributed by atoms with E-state index in [-0.39, 0.29) is 17.7 Å². The number of rotatable bonds is 7. The summed E-state index contributed by atoms with van der Waals surface area (Å²) in [5, 5.41) is 0. The molecule has 0 amide bonds. The average molecular weight is 516 g/mol. The van der Waals surface area contributed by atoms with Gasteiger partial charge in [0.15, 0.2) is 4.80 Å². The Morgan fingerprint density at radius 1 is 1.11 bits per heavy atom. The van der Waals surface area contributed by atoms with Gasteiger partial charge in [-0.25, -0.2) is 9.79 Å². The van der Waals surface area contributed by atoms with Crippen LogP contribution in [-0.4, -0.2) is 36.3 Å². The first-order valence-electron chi connectivity index (χ1n) is 11.7. The third-order valence-corrected chi connectivity index (χ3v) is 7.00. The normalized spacial score (nSPS) is 15.2. The highest BCUT2D eigenvalue weighted by Crippen LogP contribution is 2.40. The predicted molar refractivity (Wildman–Crippen MR) is 141 cm³/mol. The van der Waals surface area contributed by atoms with Crippen molar-refractivity contribution in [2.45, 2.75) is 13.0 Å². The van der Waals surface area contributed by atoms with Gasteiger partial charge in [-0.2, -0.15) is 0 Å². The lowest BCUT2D eigenvalue weighted by Crippen LogP contribution is -2.40. The molecule has 1 N–H and O–H groups in total. The number of hydrogen-bond donors (Lipinski definition) is 1. The van der Waals surface area contributed by atoms with E-state index in [9.17, 15) is 9.59 Å². The minimum Gasteiger partial charge on any atom is -0.497 e. The SMILES string of the molecule is CCOC(=O)C1=C(c2ccccc2)N=c2s/c(=C\c3ccc[nH]3)c(=O)n2[C@H]1c1cc(OC)ccc1OC. The molecular weight excluding hydrogens is 490 g/mol. The monoisotopic (exact) mass is 515 g/mol. The van der Waals surface area contributed by atoms with Crippen LogP contribution in [0.4, 0.5) is 0 Å². The van der Waals surface area contributed by atoms with Gasteiger partial charge in [-0.15, -0.1) is 0 Å². The van der Waals surface area contributed by atoms with Crippen LogP contribution in [0.3, 0.4) is 0 Å². The van der Waals surface area contributed by atoms with Gasteiger partial charge in [0, 0.05) is 23.0 Å². The van der Waals surface area contributed by atoms with Crippen molar-refractivity contribution in [3.63, 3.8) is 0 Å². The first-order valence-corrected chi connectivity index (χ1v) is 12.5. The number of nitrogens with one attached hydrogen (secondary N) is 1. The molecule has 5 rings (SSSR count). The lowest BCUT2D eigenvalue weighted by molar-refractivity contribution is -0.138.